The SMILES string of the molecule is Nc1nc2c(c(=O)[nH]1)NC(O)=[N+]2. The number of amidine groups is 1. The molecule has 12 heavy (non-hydrogen) atoms. The Hall–Kier alpha value is -2.05. The van der Waals surface area contributed by atoms with Crippen LogP contribution in [0.4, 0.5) is 17.5 Å². The number of aromatic nitrogens is 2. The van der Waals surface area contributed by atoms with Crippen LogP contribution in [0.5, 0.6) is 0 Å². The van der Waals surface area contributed by atoms with Crippen molar-refractivity contribution in [3.05, 3.63) is 10.4 Å². The number of aliphatic hydroxyl groups is 1. The monoisotopic (exact) mass is 167 g/mol. The van der Waals surface area contributed by atoms with Crippen molar-refractivity contribution in [1.29, 1.82) is 0 Å². The molecule has 0 saturated heterocycles. The number of hydrogen-bond acceptors (Lipinski definition) is 5. The van der Waals surface area contributed by atoms with E-state index in [0.29, 0.717) is 0 Å². The summed E-state index contributed by atoms with van der Waals surface area (Å²) >= 11 is 0. The van der Waals surface area contributed by atoms with E-state index in [4.69, 9.17) is 10.8 Å². The number of nitrogen functional groups attached to an aromatic ring is 1. The third kappa shape index (κ3) is 0.797. The van der Waals surface area contributed by atoms with E-state index in [2.05, 4.69) is 20.3 Å². The Labute approximate surface area is 66.0 Å². The summed E-state index contributed by atoms with van der Waals surface area (Å²) in [5.41, 5.74) is 4.89. The van der Waals surface area contributed by atoms with Gasteiger partial charge in [0.05, 0.1) is 0 Å². The van der Waals surface area contributed by atoms with Crippen LogP contribution in [0.3, 0.4) is 0 Å². The Morgan fingerprint density at radius 1 is 1.58 bits per heavy atom. The van der Waals surface area contributed by atoms with Crippen molar-refractivity contribution in [2.75, 3.05) is 11.1 Å². The molecule has 1 radical (unpaired) electrons. The smallest absolute Gasteiger partial charge is 0.430 e. The average molecular weight is 167 g/mol. The zero-order valence-corrected chi connectivity index (χ0v) is 5.83. The predicted molar refractivity (Wildman–Crippen MR) is 42.3 cm³/mol. The minimum atomic E-state index is -0.453. The van der Waals surface area contributed by atoms with Crippen LogP contribution in [0, 0.1) is 0 Å². The van der Waals surface area contributed by atoms with E-state index in [1.165, 1.54) is 0 Å². The topological polar surface area (TPSA) is 118 Å². The van der Waals surface area contributed by atoms with Gasteiger partial charge in [-0.1, -0.05) is 4.98 Å². The number of aromatic amines is 1. The zero-order valence-electron chi connectivity index (χ0n) is 5.83. The molecule has 0 spiro atoms. The Morgan fingerprint density at radius 2 is 2.33 bits per heavy atom. The number of hydrogen-bond donors (Lipinski definition) is 4. The Balaban J connectivity index is 2.70. The van der Waals surface area contributed by atoms with Crippen molar-refractivity contribution in [2.24, 2.45) is 0 Å². The third-order valence-electron chi connectivity index (χ3n) is 1.37. The fraction of sp³-hybridized carbons (Fsp3) is 0. The molecule has 0 bridgehead atoms. The highest BCUT2D eigenvalue weighted by molar-refractivity contribution is 5.95. The quantitative estimate of drug-likeness (QED) is 0.381. The summed E-state index contributed by atoms with van der Waals surface area (Å²) in [5.74, 6) is 0.0766. The van der Waals surface area contributed by atoms with Gasteiger partial charge in [0.1, 0.15) is 0 Å². The summed E-state index contributed by atoms with van der Waals surface area (Å²) in [4.78, 5) is 20.5. The van der Waals surface area contributed by atoms with Gasteiger partial charge in [-0.3, -0.25) is 9.78 Å². The molecule has 7 heteroatoms. The van der Waals surface area contributed by atoms with E-state index in [1.54, 1.807) is 0 Å². The number of anilines is 2. The van der Waals surface area contributed by atoms with Gasteiger partial charge in [0.25, 0.3) is 11.5 Å². The van der Waals surface area contributed by atoms with Crippen molar-refractivity contribution in [1.82, 2.24) is 15.0 Å². The molecule has 0 saturated carbocycles. The predicted octanol–water partition coefficient (Wildman–Crippen LogP) is -1.34. The van der Waals surface area contributed by atoms with Crippen molar-refractivity contribution in [3.8, 4) is 0 Å². The van der Waals surface area contributed by atoms with Gasteiger partial charge in [0, 0.05) is 0 Å². The molecule has 7 nitrogen and oxygen atoms in total. The second-order valence-electron chi connectivity index (χ2n) is 2.21. The molecule has 0 aromatic carbocycles. The first-order valence-electron chi connectivity index (χ1n) is 3.11. The molecule has 1 aliphatic rings. The lowest BCUT2D eigenvalue weighted by molar-refractivity contribution is 0.549. The minimum Gasteiger partial charge on any atom is -0.456 e. The standard InChI is InChI=1S/C5H5N5O2/c6-4-8-2-1(3(11)10-4)7-5(12)9-2/h7,12H,(H3,6,8,10,11)/q+1. The maximum absolute atomic E-state index is 11.1. The Kier molecular flexibility index (Phi) is 1.09. The number of nitrogens with one attached hydrogen (secondary N) is 2. The van der Waals surface area contributed by atoms with Gasteiger partial charge in [0.15, 0.2) is 0 Å². The van der Waals surface area contributed by atoms with Crippen LogP contribution in [0.15, 0.2) is 4.79 Å². The largest absolute Gasteiger partial charge is 0.456 e. The van der Waals surface area contributed by atoms with Crippen LogP contribution in [0.25, 0.3) is 0 Å². The van der Waals surface area contributed by atoms with Crippen molar-refractivity contribution >= 4 is 23.5 Å². The summed E-state index contributed by atoms with van der Waals surface area (Å²) in [6.07, 6.45) is 0. The zero-order chi connectivity index (χ0) is 8.72. The average Bonchev–Trinajstić information content (AvgIpc) is 2.29. The first-order valence-corrected chi connectivity index (χ1v) is 3.11. The molecule has 61 valence electrons. The van der Waals surface area contributed by atoms with Crippen LogP contribution < -0.4 is 21.6 Å². The molecular weight excluding hydrogens is 162 g/mol. The first-order chi connectivity index (χ1) is 5.66. The van der Waals surface area contributed by atoms with E-state index in [0.717, 1.165) is 0 Å². The molecule has 1 aromatic heterocycles. The van der Waals surface area contributed by atoms with E-state index in [-0.39, 0.29) is 23.5 Å². The highest BCUT2D eigenvalue weighted by Gasteiger charge is 2.28. The molecule has 0 unspecified atom stereocenters. The van der Waals surface area contributed by atoms with Crippen molar-refractivity contribution < 1.29 is 5.11 Å². The van der Waals surface area contributed by atoms with Crippen molar-refractivity contribution in [2.45, 2.75) is 0 Å². The molecule has 1 aromatic rings. The summed E-state index contributed by atoms with van der Waals surface area (Å²) in [5, 5.41) is 11.2. The van der Waals surface area contributed by atoms with Gasteiger partial charge in [0.2, 0.25) is 5.69 Å². The fourth-order valence-electron chi connectivity index (χ4n) is 0.912. The Bertz CT molecular complexity index is 420. The third-order valence-corrected chi connectivity index (χ3v) is 1.37. The number of aliphatic hydroxyl groups excluding tert-OH is 1. The van der Waals surface area contributed by atoms with Crippen LogP contribution >= 0.6 is 0 Å². The molecule has 0 aliphatic carbocycles. The van der Waals surface area contributed by atoms with Crippen LogP contribution in [0.2, 0.25) is 0 Å². The van der Waals surface area contributed by atoms with Gasteiger partial charge in [-0.15, -0.1) is 0 Å². The highest BCUT2D eigenvalue weighted by atomic mass is 16.3. The fourth-order valence-corrected chi connectivity index (χ4v) is 0.912. The summed E-state index contributed by atoms with van der Waals surface area (Å²) in [6, 6.07) is -0.353. The van der Waals surface area contributed by atoms with Gasteiger partial charge in [-0.25, -0.2) is 5.32 Å². The molecular formula is C5H5N5O2+. The lowest BCUT2D eigenvalue weighted by atomic mass is 10.5. The van der Waals surface area contributed by atoms with Gasteiger partial charge in [-0.2, -0.15) is 0 Å². The lowest BCUT2D eigenvalue weighted by Gasteiger charge is -1.88. The first kappa shape index (κ1) is 6.65. The summed E-state index contributed by atoms with van der Waals surface area (Å²) in [7, 11) is 0. The second kappa shape index (κ2) is 1.97. The molecule has 2 rings (SSSR count). The molecule has 1 aliphatic heterocycles. The number of aliphatic imine (C=N–C) groups is 1. The second-order valence-corrected chi connectivity index (χ2v) is 2.21. The summed E-state index contributed by atoms with van der Waals surface area (Å²) < 4.78 is 0. The molecule has 0 fully saturated rings. The number of H-pyrrole nitrogens is 1. The molecule has 0 atom stereocenters. The summed E-state index contributed by atoms with van der Waals surface area (Å²) in [6.45, 7) is 0. The maximum atomic E-state index is 11.1. The van der Waals surface area contributed by atoms with Crippen LogP contribution in [-0.2, 0) is 0 Å². The van der Waals surface area contributed by atoms with E-state index in [9.17, 15) is 4.79 Å². The lowest BCUT2D eigenvalue weighted by Crippen LogP contribution is -2.16. The number of rotatable bonds is 0. The van der Waals surface area contributed by atoms with E-state index in [1.807, 2.05) is 0 Å². The normalized spacial score (nSPS) is 13.5. The molecule has 2 heterocycles. The highest BCUT2D eigenvalue weighted by Crippen LogP contribution is 2.16. The van der Waals surface area contributed by atoms with E-state index >= 15 is 0 Å². The number of nitrogens with two attached hydrogens (primary N) is 1. The van der Waals surface area contributed by atoms with Crippen LogP contribution in [-0.4, -0.2) is 21.1 Å². The Morgan fingerprint density at radius 3 is 3.08 bits per heavy atom. The maximum Gasteiger partial charge on any atom is 0.430 e. The van der Waals surface area contributed by atoms with Gasteiger partial charge in [-0.05, 0) is 4.99 Å². The molecule has 5 N–H and O–H groups in total. The number of nitrogens with zero attached hydrogens (tertiary/aromatic N) is 2. The van der Waals surface area contributed by atoms with Gasteiger partial charge < -0.3 is 10.8 Å². The van der Waals surface area contributed by atoms with E-state index < -0.39 is 5.56 Å². The van der Waals surface area contributed by atoms with Crippen LogP contribution in [0.1, 0.15) is 0 Å². The minimum absolute atomic E-state index is 0.0287. The number of fused-ring (bicyclic) bond motifs is 1. The molecule has 0 amide bonds. The van der Waals surface area contributed by atoms with Crippen molar-refractivity contribution in [3.63, 3.8) is 0 Å². The van der Waals surface area contributed by atoms with Gasteiger partial charge >= 0.3 is 11.8 Å².